The minimum atomic E-state index is -4.23. The highest BCUT2D eigenvalue weighted by Gasteiger charge is 2.17. The molecule has 1 rings (SSSR count). The van der Waals surface area contributed by atoms with Crippen LogP contribution < -0.4 is 9.79 Å². The Bertz CT molecular complexity index is 1230. The van der Waals surface area contributed by atoms with Crippen LogP contribution in [0.4, 0.5) is 0 Å². The van der Waals surface area contributed by atoms with Crippen molar-refractivity contribution in [2.75, 3.05) is 163 Å². The molecule has 0 aliphatic carbocycles. The monoisotopic (exact) mass is 1170 g/mol. The Kier molecular flexibility index (Phi) is 61.4. The highest BCUT2D eigenvalue weighted by Crippen LogP contribution is 2.39. The van der Waals surface area contributed by atoms with Crippen LogP contribution in [0.15, 0.2) is 0 Å². The minimum absolute atomic E-state index is 0.0188. The molecule has 0 N–H and O–H groups in total. The number of hydrogen-bond acceptors (Lipinski definition) is 13. The number of quaternary nitrogens is 2. The summed E-state index contributed by atoms with van der Waals surface area (Å²) in [5.41, 5.74) is 0. The molecule has 1 heterocycles. The standard InChI is InChI=1S/2C27H58NO5P.C5H11NO.C3H9N/c2*1-6-7-8-9-10-11-12-13-14-15-16-17-18-19-20-21-23-31-25-27(2)26-33-34(29,30)32-24-22-28(3,4)5;1-6-2-4-7-5-3-6;1-4(2)3/h2*27H,6-26H2,1-5H3;2-5H2,1H3;1-3H3/t2*27-;;/m10../s1. The number of rotatable bonds is 52. The van der Waals surface area contributed by atoms with Crippen molar-refractivity contribution < 1.29 is 60.2 Å². The van der Waals surface area contributed by atoms with E-state index in [1.54, 1.807) is 0 Å². The minimum Gasteiger partial charge on any atom is -0.756 e. The first-order chi connectivity index (χ1) is 37.4. The smallest absolute Gasteiger partial charge is 0.268 e. The lowest BCUT2D eigenvalue weighted by Gasteiger charge is -2.28. The molecule has 0 aromatic carbocycles. The SMILES string of the molecule is CCCCCCCCCCCCCCCCCCOC[C@@H](C)COP(=O)([O-])OCC[N+](C)(C)C.CCCCCCCCCCCCCCCCCCOC[C@H](C)COP(=O)([O-])OCC[N+](C)(C)C.CN(C)C.CN1CCOCC1. The lowest BCUT2D eigenvalue weighted by Crippen LogP contribution is -2.37. The molecule has 0 aromatic heterocycles. The third-order valence-electron chi connectivity index (χ3n) is 13.4. The van der Waals surface area contributed by atoms with E-state index < -0.39 is 15.6 Å². The summed E-state index contributed by atoms with van der Waals surface area (Å²) < 4.78 is 61.2. The van der Waals surface area contributed by atoms with Crippen molar-refractivity contribution in [1.29, 1.82) is 0 Å². The number of morpholine rings is 1. The lowest BCUT2D eigenvalue weighted by molar-refractivity contribution is -0.870. The van der Waals surface area contributed by atoms with Crippen LogP contribution in [-0.4, -0.2) is 181 Å². The fourth-order valence-corrected chi connectivity index (χ4v) is 9.82. The zero-order valence-electron chi connectivity index (χ0n) is 54.9. The van der Waals surface area contributed by atoms with Gasteiger partial charge in [-0.1, -0.05) is 220 Å². The van der Waals surface area contributed by atoms with Gasteiger partial charge in [0.2, 0.25) is 0 Å². The fraction of sp³-hybridized carbons (Fsp3) is 1.00. The first-order valence-electron chi connectivity index (χ1n) is 32.3. The maximum Gasteiger partial charge on any atom is 0.268 e. The second kappa shape index (κ2) is 58.3. The molecule has 0 radical (unpaired) electrons. The number of ether oxygens (including phenoxy) is 3. The van der Waals surface area contributed by atoms with Gasteiger partial charge >= 0.3 is 0 Å². The molecule has 79 heavy (non-hydrogen) atoms. The summed E-state index contributed by atoms with van der Waals surface area (Å²) in [7, 11) is 11.6. The Labute approximate surface area is 491 Å². The molecule has 0 amide bonds. The van der Waals surface area contributed by atoms with Crippen molar-refractivity contribution in [1.82, 2.24) is 9.80 Å². The number of phosphoric acid groups is 2. The van der Waals surface area contributed by atoms with Gasteiger partial charge in [0.25, 0.3) is 15.6 Å². The fourth-order valence-electron chi connectivity index (χ4n) is 8.19. The summed E-state index contributed by atoms with van der Waals surface area (Å²) in [5, 5.41) is 0. The molecule has 4 atom stereocenters. The summed E-state index contributed by atoms with van der Waals surface area (Å²) in [6.45, 7) is 16.6. The van der Waals surface area contributed by atoms with Crippen molar-refractivity contribution in [3.05, 3.63) is 0 Å². The molecule has 17 heteroatoms. The van der Waals surface area contributed by atoms with Gasteiger partial charge in [-0.05, 0) is 41.0 Å². The van der Waals surface area contributed by atoms with Gasteiger partial charge in [-0.15, -0.1) is 0 Å². The zero-order valence-corrected chi connectivity index (χ0v) is 56.6. The Hall–Kier alpha value is -0.0600. The van der Waals surface area contributed by atoms with Crippen LogP contribution in [0.1, 0.15) is 233 Å². The summed E-state index contributed by atoms with van der Waals surface area (Å²) in [4.78, 5) is 27.9. The second-order valence-corrected chi connectivity index (χ2v) is 28.2. The van der Waals surface area contributed by atoms with Gasteiger partial charge < -0.3 is 60.9 Å². The van der Waals surface area contributed by atoms with E-state index in [0.717, 1.165) is 52.4 Å². The van der Waals surface area contributed by atoms with Gasteiger partial charge in [-0.25, -0.2) is 0 Å². The third-order valence-corrected chi connectivity index (χ3v) is 15.3. The third kappa shape index (κ3) is 77.9. The van der Waals surface area contributed by atoms with Crippen LogP contribution in [-0.2, 0) is 41.4 Å². The van der Waals surface area contributed by atoms with Gasteiger partial charge in [-0.3, -0.25) is 9.13 Å². The van der Waals surface area contributed by atoms with Crippen molar-refractivity contribution in [3.63, 3.8) is 0 Å². The molecule has 0 aromatic rings. The molecular weight excluding hydrogens is 1040 g/mol. The second-order valence-electron chi connectivity index (χ2n) is 25.4. The maximum absolute atomic E-state index is 11.8. The van der Waals surface area contributed by atoms with Crippen LogP contribution in [0.25, 0.3) is 0 Å². The van der Waals surface area contributed by atoms with E-state index in [-0.39, 0.29) is 38.3 Å². The highest BCUT2D eigenvalue weighted by atomic mass is 31.2. The molecule has 1 saturated heterocycles. The topological polar surface area (TPSA) is 151 Å². The number of likely N-dealkylation sites (N-methyl/N-ethyl adjacent to an activating group) is 3. The summed E-state index contributed by atoms with van der Waals surface area (Å²) in [5.74, 6) is 0.0376. The van der Waals surface area contributed by atoms with E-state index in [1.807, 2.05) is 82.2 Å². The van der Waals surface area contributed by atoms with E-state index in [0.29, 0.717) is 35.3 Å². The van der Waals surface area contributed by atoms with Crippen molar-refractivity contribution >= 4 is 15.6 Å². The average Bonchev–Trinajstić information content (AvgIpc) is 3.36. The van der Waals surface area contributed by atoms with Gasteiger partial charge in [0, 0.05) is 38.1 Å². The molecule has 1 aliphatic rings. The van der Waals surface area contributed by atoms with Gasteiger partial charge in [-0.2, -0.15) is 0 Å². The zero-order chi connectivity index (χ0) is 59.8. The number of hydrogen-bond donors (Lipinski definition) is 0. The van der Waals surface area contributed by atoms with E-state index in [1.165, 1.54) is 193 Å². The molecule has 0 saturated carbocycles. The lowest BCUT2D eigenvalue weighted by atomic mass is 10.0. The molecule has 0 bridgehead atoms. The predicted molar refractivity (Wildman–Crippen MR) is 332 cm³/mol. The largest absolute Gasteiger partial charge is 0.756 e. The average molecular weight is 1180 g/mol. The van der Waals surface area contributed by atoms with Crippen LogP contribution in [0, 0.1) is 11.8 Å². The van der Waals surface area contributed by atoms with E-state index in [4.69, 9.17) is 32.3 Å². The Morgan fingerprint density at radius 2 is 0.671 bits per heavy atom. The Morgan fingerprint density at radius 3 is 0.886 bits per heavy atom. The van der Waals surface area contributed by atoms with E-state index >= 15 is 0 Å². The molecule has 480 valence electrons. The van der Waals surface area contributed by atoms with E-state index in [9.17, 15) is 18.9 Å². The Morgan fingerprint density at radius 1 is 0.430 bits per heavy atom. The maximum atomic E-state index is 11.8. The van der Waals surface area contributed by atoms with Crippen LogP contribution in [0.3, 0.4) is 0 Å². The molecule has 1 aliphatic heterocycles. The van der Waals surface area contributed by atoms with Crippen molar-refractivity contribution in [3.8, 4) is 0 Å². The van der Waals surface area contributed by atoms with E-state index in [2.05, 4.69) is 25.8 Å². The summed E-state index contributed by atoms with van der Waals surface area (Å²) >= 11 is 0. The molecule has 1 fully saturated rings. The van der Waals surface area contributed by atoms with Crippen LogP contribution >= 0.6 is 15.6 Å². The molecule has 0 spiro atoms. The molecule has 2 unspecified atom stereocenters. The summed E-state index contributed by atoms with van der Waals surface area (Å²) in [6, 6.07) is 0. The van der Waals surface area contributed by atoms with Gasteiger partial charge in [0.05, 0.1) is 81.9 Å². The first-order valence-corrected chi connectivity index (χ1v) is 35.2. The normalized spacial score (nSPS) is 15.5. The van der Waals surface area contributed by atoms with Gasteiger partial charge in [0.1, 0.15) is 26.3 Å². The molecule has 15 nitrogen and oxygen atoms in total. The predicted octanol–water partition coefficient (Wildman–Crippen LogP) is 14.3. The van der Waals surface area contributed by atoms with Crippen molar-refractivity contribution in [2.45, 2.75) is 233 Å². The Balaban J connectivity index is -0.00000122. The number of unbranched alkanes of at least 4 members (excludes halogenated alkanes) is 30. The quantitative estimate of drug-likeness (QED) is 0.0323. The number of nitrogens with zero attached hydrogens (tertiary/aromatic N) is 4. The first kappa shape index (κ1) is 83.2. The van der Waals surface area contributed by atoms with Gasteiger partial charge in [0.15, 0.2) is 0 Å². The number of phosphoric ester groups is 2. The van der Waals surface area contributed by atoms with Crippen LogP contribution in [0.5, 0.6) is 0 Å². The molecular formula is C62H136N4O11P2. The van der Waals surface area contributed by atoms with Crippen LogP contribution in [0.2, 0.25) is 0 Å². The van der Waals surface area contributed by atoms with Crippen molar-refractivity contribution in [2.24, 2.45) is 11.8 Å². The summed E-state index contributed by atoms with van der Waals surface area (Å²) in [6.07, 6.45) is 43.5. The highest BCUT2D eigenvalue weighted by molar-refractivity contribution is 7.46.